The second-order valence-corrected chi connectivity index (χ2v) is 6.60. The molecule has 0 atom stereocenters. The van der Waals surface area contributed by atoms with Gasteiger partial charge in [0.25, 0.3) is 0 Å². The molecule has 0 aliphatic carbocycles. The highest BCUT2D eigenvalue weighted by Crippen LogP contribution is 2.37. The third-order valence-corrected chi connectivity index (χ3v) is 3.76. The number of benzene rings is 1. The fourth-order valence-electron chi connectivity index (χ4n) is 2.41. The molecule has 0 radical (unpaired) electrons. The van der Waals surface area contributed by atoms with E-state index in [4.69, 9.17) is 4.52 Å². The summed E-state index contributed by atoms with van der Waals surface area (Å²) >= 11 is 0. The number of hydrogen-bond acceptors (Lipinski definition) is 5. The molecule has 2 heterocycles. The smallest absolute Gasteiger partial charge is 0.240 e. The van der Waals surface area contributed by atoms with E-state index in [1.165, 1.54) is 17.0 Å². The average Bonchev–Trinajstić information content (AvgIpc) is 3.16. The fraction of sp³-hybridized carbons (Fsp3) is 0.222. The summed E-state index contributed by atoms with van der Waals surface area (Å²) in [4.78, 5) is 12.4. The minimum atomic E-state index is -0.660. The van der Waals surface area contributed by atoms with E-state index in [-0.39, 0.29) is 17.2 Å². The Kier molecular flexibility index (Phi) is 3.67. The molecule has 0 saturated heterocycles. The summed E-state index contributed by atoms with van der Waals surface area (Å²) in [7, 11) is 0. The predicted molar refractivity (Wildman–Crippen MR) is 88.4 cm³/mol. The van der Waals surface area contributed by atoms with Gasteiger partial charge in [-0.3, -0.25) is 9.36 Å². The van der Waals surface area contributed by atoms with Crippen molar-refractivity contribution in [1.82, 2.24) is 9.72 Å². The Balaban J connectivity index is 2.00. The molecule has 3 rings (SSSR count). The van der Waals surface area contributed by atoms with Crippen LogP contribution >= 0.6 is 0 Å². The highest BCUT2D eigenvalue weighted by Gasteiger charge is 2.29. The molecule has 2 N–H and O–H groups in total. The molecular formula is C18H18N2O4. The monoisotopic (exact) mass is 326 g/mol. The van der Waals surface area contributed by atoms with Gasteiger partial charge in [-0.15, -0.1) is 0 Å². The molecule has 0 amide bonds. The Labute approximate surface area is 139 Å². The number of carbonyl (C=O) groups excluding carboxylic acids is 1. The minimum absolute atomic E-state index is 0.0978. The van der Waals surface area contributed by atoms with Crippen molar-refractivity contribution in [3.05, 3.63) is 48.4 Å². The largest absolute Gasteiger partial charge is 0.503 e. The van der Waals surface area contributed by atoms with Gasteiger partial charge in [0.15, 0.2) is 11.5 Å². The lowest BCUT2D eigenvalue weighted by Crippen LogP contribution is -2.19. The van der Waals surface area contributed by atoms with Crippen LogP contribution in [-0.4, -0.2) is 25.7 Å². The summed E-state index contributed by atoms with van der Waals surface area (Å²) in [5.41, 5.74) is 1.61. The summed E-state index contributed by atoms with van der Waals surface area (Å²) in [5.74, 6) is -1.01. The number of ketones is 1. The molecule has 0 aliphatic rings. The number of hydrogen-bond donors (Lipinski definition) is 2. The summed E-state index contributed by atoms with van der Waals surface area (Å²) < 4.78 is 6.19. The molecule has 0 unspecified atom stereocenters. The summed E-state index contributed by atoms with van der Waals surface area (Å²) in [6.07, 6.45) is 2.94. The highest BCUT2D eigenvalue weighted by atomic mass is 16.5. The van der Waals surface area contributed by atoms with Gasteiger partial charge in [-0.25, -0.2) is 0 Å². The lowest BCUT2D eigenvalue weighted by atomic mass is 9.87. The zero-order chi connectivity index (χ0) is 17.5. The van der Waals surface area contributed by atoms with E-state index in [9.17, 15) is 15.0 Å². The number of nitrogens with zero attached hydrogens (tertiary/aromatic N) is 2. The Morgan fingerprint density at radius 2 is 1.79 bits per heavy atom. The molecule has 0 saturated carbocycles. The first-order valence-corrected chi connectivity index (χ1v) is 7.48. The van der Waals surface area contributed by atoms with Gasteiger partial charge < -0.3 is 14.7 Å². The Morgan fingerprint density at radius 1 is 1.12 bits per heavy atom. The average molecular weight is 326 g/mol. The Bertz CT molecular complexity index is 869. The number of rotatable bonds is 3. The first-order chi connectivity index (χ1) is 11.3. The topological polar surface area (TPSA) is 88.5 Å². The third-order valence-electron chi connectivity index (χ3n) is 3.76. The third kappa shape index (κ3) is 2.67. The zero-order valence-electron chi connectivity index (χ0n) is 13.6. The van der Waals surface area contributed by atoms with Crippen molar-refractivity contribution in [2.24, 2.45) is 5.41 Å². The van der Waals surface area contributed by atoms with Crippen molar-refractivity contribution in [1.29, 1.82) is 0 Å². The lowest BCUT2D eigenvalue weighted by Gasteiger charge is -2.15. The number of aromatic hydroxyl groups is 2. The number of aromatic nitrogens is 2. The quantitative estimate of drug-likeness (QED) is 0.715. The van der Waals surface area contributed by atoms with Gasteiger partial charge in [0.1, 0.15) is 12.0 Å². The van der Waals surface area contributed by atoms with Crippen molar-refractivity contribution in [2.45, 2.75) is 20.8 Å². The van der Waals surface area contributed by atoms with E-state index in [0.717, 1.165) is 5.56 Å². The standard InChI is InChI=1S/C18H18N2O4/c1-18(2,3)16(22)13-10-20(17(23)15(13)21)12-6-4-11(5-7-12)14-8-9-24-19-14/h4-10,21,23H,1-3H3. The van der Waals surface area contributed by atoms with Crippen LogP contribution in [0.1, 0.15) is 31.1 Å². The molecular weight excluding hydrogens is 308 g/mol. The van der Waals surface area contributed by atoms with Crippen LogP contribution in [0.5, 0.6) is 11.6 Å². The summed E-state index contributed by atoms with van der Waals surface area (Å²) in [6, 6.07) is 8.89. The van der Waals surface area contributed by atoms with Crippen molar-refractivity contribution in [2.75, 3.05) is 0 Å². The number of Topliss-reactive ketones (excluding diaryl/α,β-unsaturated/α-hetero) is 1. The van der Waals surface area contributed by atoms with Gasteiger partial charge in [0.05, 0.1) is 5.56 Å². The van der Waals surface area contributed by atoms with E-state index in [1.54, 1.807) is 39.0 Å². The SMILES string of the molecule is CC(C)(C)C(=O)c1cn(-c2ccc(-c3ccon3)cc2)c(O)c1O. The van der Waals surface area contributed by atoms with Gasteiger partial charge in [-0.1, -0.05) is 38.1 Å². The van der Waals surface area contributed by atoms with Crippen LogP contribution in [0.3, 0.4) is 0 Å². The van der Waals surface area contributed by atoms with Crippen LogP contribution in [0.15, 0.2) is 47.3 Å². The van der Waals surface area contributed by atoms with Crippen molar-refractivity contribution >= 4 is 5.78 Å². The Hall–Kier alpha value is -3.02. The highest BCUT2D eigenvalue weighted by molar-refractivity contribution is 6.02. The summed E-state index contributed by atoms with van der Waals surface area (Å²) in [5, 5.41) is 24.1. The number of carbonyl (C=O) groups is 1. The van der Waals surface area contributed by atoms with Crippen LogP contribution in [-0.2, 0) is 0 Å². The maximum Gasteiger partial charge on any atom is 0.240 e. The molecule has 0 bridgehead atoms. The van der Waals surface area contributed by atoms with Crippen LogP contribution < -0.4 is 0 Å². The molecule has 124 valence electrons. The normalized spacial score (nSPS) is 11.6. The molecule has 2 aromatic heterocycles. The molecule has 6 heteroatoms. The molecule has 0 spiro atoms. The molecule has 1 aromatic carbocycles. The van der Waals surface area contributed by atoms with Gasteiger partial charge in [0, 0.05) is 28.9 Å². The fourth-order valence-corrected chi connectivity index (χ4v) is 2.41. The van der Waals surface area contributed by atoms with Crippen molar-refractivity contribution in [3.63, 3.8) is 0 Å². The predicted octanol–water partition coefficient (Wildman–Crippen LogP) is 3.77. The van der Waals surface area contributed by atoms with E-state index in [1.807, 2.05) is 12.1 Å². The zero-order valence-corrected chi connectivity index (χ0v) is 13.6. The van der Waals surface area contributed by atoms with Crippen LogP contribution in [0.25, 0.3) is 16.9 Å². The molecule has 6 nitrogen and oxygen atoms in total. The second-order valence-electron chi connectivity index (χ2n) is 6.60. The molecule has 3 aromatic rings. The Morgan fingerprint density at radius 3 is 2.33 bits per heavy atom. The maximum atomic E-state index is 12.4. The van der Waals surface area contributed by atoms with Crippen LogP contribution in [0.4, 0.5) is 0 Å². The first kappa shape index (κ1) is 15.9. The van der Waals surface area contributed by atoms with Crippen molar-refractivity contribution < 1.29 is 19.5 Å². The summed E-state index contributed by atoms with van der Waals surface area (Å²) in [6.45, 7) is 5.28. The molecule has 24 heavy (non-hydrogen) atoms. The molecule has 0 fully saturated rings. The first-order valence-electron chi connectivity index (χ1n) is 7.48. The van der Waals surface area contributed by atoms with E-state index >= 15 is 0 Å². The van der Waals surface area contributed by atoms with Crippen LogP contribution in [0.2, 0.25) is 0 Å². The lowest BCUT2D eigenvalue weighted by molar-refractivity contribution is 0.0855. The van der Waals surface area contributed by atoms with Gasteiger partial charge >= 0.3 is 0 Å². The van der Waals surface area contributed by atoms with Gasteiger partial charge in [-0.05, 0) is 12.1 Å². The van der Waals surface area contributed by atoms with E-state index < -0.39 is 11.2 Å². The molecule has 0 aliphatic heterocycles. The second kappa shape index (κ2) is 5.56. The van der Waals surface area contributed by atoms with Crippen molar-refractivity contribution in [3.8, 4) is 28.6 Å². The minimum Gasteiger partial charge on any atom is -0.503 e. The van der Waals surface area contributed by atoms with E-state index in [2.05, 4.69) is 5.16 Å². The maximum absolute atomic E-state index is 12.4. The van der Waals surface area contributed by atoms with Gasteiger partial charge in [0.2, 0.25) is 5.88 Å². The van der Waals surface area contributed by atoms with Crippen LogP contribution in [0, 0.1) is 5.41 Å². The van der Waals surface area contributed by atoms with E-state index in [0.29, 0.717) is 11.4 Å². The van der Waals surface area contributed by atoms with Gasteiger partial charge in [-0.2, -0.15) is 0 Å².